The van der Waals surface area contributed by atoms with Gasteiger partial charge < -0.3 is 14.1 Å². The molecule has 9 heteroatoms. The molecule has 8 nitrogen and oxygen atoms in total. The van der Waals surface area contributed by atoms with Crippen LogP contribution in [0.25, 0.3) is 11.3 Å². The molecule has 0 aliphatic carbocycles. The van der Waals surface area contributed by atoms with E-state index in [1.807, 2.05) is 0 Å². The van der Waals surface area contributed by atoms with Gasteiger partial charge in [-0.2, -0.15) is 4.31 Å². The van der Waals surface area contributed by atoms with Gasteiger partial charge in [-0.15, -0.1) is 0 Å². The standard InChI is InChI=1S/C21H21N3O5S/c1-28-18-6-8-19(9-7-18)30(26,27)24-12-10-23(11-13-24)21(25)17-4-2-16(3-5-17)20-14-22-15-29-20/h2-9,14-15H,10-13H2,1H3. The summed E-state index contributed by atoms with van der Waals surface area (Å²) in [5.41, 5.74) is 1.38. The average molecular weight is 427 g/mol. The van der Waals surface area contributed by atoms with E-state index in [2.05, 4.69) is 4.98 Å². The molecule has 3 aromatic rings. The van der Waals surface area contributed by atoms with Gasteiger partial charge in [-0.3, -0.25) is 4.79 Å². The van der Waals surface area contributed by atoms with E-state index in [9.17, 15) is 13.2 Å². The number of aromatic nitrogens is 1. The number of carbonyl (C=O) groups excluding carboxylic acids is 1. The lowest BCUT2D eigenvalue weighted by Gasteiger charge is -2.34. The predicted octanol–water partition coefficient (Wildman–Crippen LogP) is 2.50. The van der Waals surface area contributed by atoms with E-state index < -0.39 is 10.0 Å². The van der Waals surface area contributed by atoms with Crippen molar-refractivity contribution >= 4 is 15.9 Å². The zero-order valence-corrected chi connectivity index (χ0v) is 17.2. The number of ether oxygens (including phenoxy) is 1. The molecule has 0 unspecified atom stereocenters. The van der Waals surface area contributed by atoms with Crippen LogP contribution in [0.15, 0.2) is 70.4 Å². The van der Waals surface area contributed by atoms with Crippen LogP contribution in [-0.4, -0.2) is 61.8 Å². The highest BCUT2D eigenvalue weighted by Crippen LogP contribution is 2.22. The number of piperazine rings is 1. The molecule has 1 fully saturated rings. The molecule has 4 rings (SSSR count). The minimum Gasteiger partial charge on any atom is -0.497 e. The Morgan fingerprint density at radius 1 is 1.00 bits per heavy atom. The molecule has 0 radical (unpaired) electrons. The number of methoxy groups -OCH3 is 1. The highest BCUT2D eigenvalue weighted by molar-refractivity contribution is 7.89. The molecule has 1 aromatic heterocycles. The topological polar surface area (TPSA) is 93.0 Å². The molecule has 0 atom stereocenters. The van der Waals surface area contributed by atoms with Crippen LogP contribution in [0.4, 0.5) is 0 Å². The first-order valence-corrected chi connectivity index (χ1v) is 10.9. The fourth-order valence-electron chi connectivity index (χ4n) is 3.35. The SMILES string of the molecule is COc1ccc(S(=O)(=O)N2CCN(C(=O)c3ccc(-c4cnco4)cc3)CC2)cc1. The Labute approximate surface area is 174 Å². The molecule has 0 spiro atoms. The lowest BCUT2D eigenvalue weighted by molar-refractivity contribution is 0.0698. The summed E-state index contributed by atoms with van der Waals surface area (Å²) in [4.78, 5) is 18.6. The zero-order chi connectivity index (χ0) is 21.1. The van der Waals surface area contributed by atoms with E-state index in [1.54, 1.807) is 47.5 Å². The van der Waals surface area contributed by atoms with E-state index in [4.69, 9.17) is 9.15 Å². The molecular formula is C21H21N3O5S. The van der Waals surface area contributed by atoms with Gasteiger partial charge in [-0.25, -0.2) is 13.4 Å². The van der Waals surface area contributed by atoms with Crippen LogP contribution < -0.4 is 4.74 Å². The zero-order valence-electron chi connectivity index (χ0n) is 16.4. The number of hydrogen-bond donors (Lipinski definition) is 0. The van der Waals surface area contributed by atoms with Gasteiger partial charge >= 0.3 is 0 Å². The fraction of sp³-hybridized carbons (Fsp3) is 0.238. The van der Waals surface area contributed by atoms with Gasteiger partial charge in [0.25, 0.3) is 5.91 Å². The number of rotatable bonds is 5. The highest BCUT2D eigenvalue weighted by Gasteiger charge is 2.30. The second-order valence-corrected chi connectivity index (χ2v) is 8.75. The second kappa shape index (κ2) is 8.29. The van der Waals surface area contributed by atoms with Gasteiger partial charge in [0.05, 0.1) is 18.2 Å². The summed E-state index contributed by atoms with van der Waals surface area (Å²) < 4.78 is 37.4. The van der Waals surface area contributed by atoms with Crippen LogP contribution in [-0.2, 0) is 10.0 Å². The fourth-order valence-corrected chi connectivity index (χ4v) is 4.77. The first kappa shape index (κ1) is 20.1. The maximum atomic E-state index is 12.9. The highest BCUT2D eigenvalue weighted by atomic mass is 32.2. The van der Waals surface area contributed by atoms with Crippen LogP contribution in [0.3, 0.4) is 0 Å². The van der Waals surface area contributed by atoms with Gasteiger partial charge in [0, 0.05) is 37.3 Å². The minimum atomic E-state index is -3.61. The van der Waals surface area contributed by atoms with Crippen molar-refractivity contribution in [2.75, 3.05) is 33.3 Å². The number of nitrogens with zero attached hydrogens (tertiary/aromatic N) is 3. The van der Waals surface area contributed by atoms with Crippen LogP contribution in [0.2, 0.25) is 0 Å². The summed E-state index contributed by atoms with van der Waals surface area (Å²) in [6, 6.07) is 13.4. The van der Waals surface area contributed by atoms with Crippen molar-refractivity contribution in [3.05, 3.63) is 66.7 Å². The quantitative estimate of drug-likeness (QED) is 0.621. The molecule has 0 bridgehead atoms. The molecule has 1 saturated heterocycles. The first-order valence-electron chi connectivity index (χ1n) is 9.41. The smallest absolute Gasteiger partial charge is 0.253 e. The van der Waals surface area contributed by atoms with E-state index in [0.29, 0.717) is 30.2 Å². The summed E-state index contributed by atoms with van der Waals surface area (Å²) in [5.74, 6) is 1.10. The second-order valence-electron chi connectivity index (χ2n) is 6.81. The molecule has 0 N–H and O–H groups in total. The Kier molecular flexibility index (Phi) is 5.56. The summed E-state index contributed by atoms with van der Waals surface area (Å²) in [6.07, 6.45) is 2.97. The van der Waals surface area contributed by atoms with Crippen molar-refractivity contribution in [2.24, 2.45) is 0 Å². The normalized spacial score (nSPS) is 15.2. The van der Waals surface area contributed by atoms with Gasteiger partial charge in [0.15, 0.2) is 12.2 Å². The van der Waals surface area contributed by atoms with Crippen LogP contribution in [0.1, 0.15) is 10.4 Å². The Morgan fingerprint density at radius 3 is 2.23 bits per heavy atom. The van der Waals surface area contributed by atoms with Crippen LogP contribution >= 0.6 is 0 Å². The number of carbonyl (C=O) groups is 1. The molecule has 30 heavy (non-hydrogen) atoms. The largest absolute Gasteiger partial charge is 0.497 e. The van der Waals surface area contributed by atoms with Gasteiger partial charge in [0.1, 0.15) is 5.75 Å². The number of benzene rings is 2. The van der Waals surface area contributed by atoms with Crippen molar-refractivity contribution in [2.45, 2.75) is 4.90 Å². The van der Waals surface area contributed by atoms with Gasteiger partial charge in [-0.1, -0.05) is 12.1 Å². The molecule has 156 valence electrons. The summed E-state index contributed by atoms with van der Waals surface area (Å²) >= 11 is 0. The molecule has 1 aliphatic rings. The summed E-state index contributed by atoms with van der Waals surface area (Å²) in [6.45, 7) is 1.16. The maximum absolute atomic E-state index is 12.9. The first-order chi connectivity index (χ1) is 14.5. The molecule has 2 aromatic carbocycles. The number of hydrogen-bond acceptors (Lipinski definition) is 6. The Morgan fingerprint density at radius 2 is 1.67 bits per heavy atom. The monoisotopic (exact) mass is 427 g/mol. The minimum absolute atomic E-state index is 0.124. The number of oxazole rings is 1. The van der Waals surface area contributed by atoms with Crippen molar-refractivity contribution in [3.63, 3.8) is 0 Å². The average Bonchev–Trinajstić information content (AvgIpc) is 3.34. The molecular weight excluding hydrogens is 406 g/mol. The van der Waals surface area contributed by atoms with Crippen molar-refractivity contribution < 1.29 is 22.4 Å². The third kappa shape index (κ3) is 3.94. The summed E-state index contributed by atoms with van der Waals surface area (Å²) in [5, 5.41) is 0. The van der Waals surface area contributed by atoms with E-state index in [-0.39, 0.29) is 23.9 Å². The number of amides is 1. The maximum Gasteiger partial charge on any atom is 0.253 e. The molecule has 0 saturated carbocycles. The third-order valence-electron chi connectivity index (χ3n) is 5.07. The predicted molar refractivity (Wildman–Crippen MR) is 110 cm³/mol. The van der Waals surface area contributed by atoms with Crippen LogP contribution in [0.5, 0.6) is 5.75 Å². The van der Waals surface area contributed by atoms with Crippen LogP contribution in [0, 0.1) is 0 Å². The van der Waals surface area contributed by atoms with Crippen molar-refractivity contribution in [1.82, 2.24) is 14.2 Å². The third-order valence-corrected chi connectivity index (χ3v) is 6.98. The van der Waals surface area contributed by atoms with Crippen molar-refractivity contribution in [1.29, 1.82) is 0 Å². The summed E-state index contributed by atoms with van der Waals surface area (Å²) in [7, 11) is -2.08. The van der Waals surface area contributed by atoms with Gasteiger partial charge in [-0.05, 0) is 36.4 Å². The Balaban J connectivity index is 1.40. The molecule has 1 amide bonds. The van der Waals surface area contributed by atoms with E-state index in [1.165, 1.54) is 29.9 Å². The van der Waals surface area contributed by atoms with E-state index >= 15 is 0 Å². The number of sulfonamides is 1. The van der Waals surface area contributed by atoms with E-state index in [0.717, 1.165) is 5.56 Å². The Hall–Kier alpha value is -3.17. The lowest BCUT2D eigenvalue weighted by atomic mass is 10.1. The van der Waals surface area contributed by atoms with Gasteiger partial charge in [0.2, 0.25) is 10.0 Å². The Bertz CT molecular complexity index is 1100. The van der Waals surface area contributed by atoms with Crippen molar-refractivity contribution in [3.8, 4) is 17.1 Å². The lowest BCUT2D eigenvalue weighted by Crippen LogP contribution is -2.50. The molecule has 1 aliphatic heterocycles. The molecule has 2 heterocycles.